The molecule has 1 heterocycles. The molecule has 16 heavy (non-hydrogen) atoms. The molecule has 0 radical (unpaired) electrons. The SMILES string of the molecule is Fc1cccc([C@@H]2NCC(F)(F)C2(F)F)c1. The molecule has 1 aliphatic heterocycles. The van der Waals surface area contributed by atoms with E-state index in [4.69, 9.17) is 0 Å². The lowest BCUT2D eigenvalue weighted by molar-refractivity contribution is -0.187. The van der Waals surface area contributed by atoms with Gasteiger partial charge in [-0.3, -0.25) is 5.32 Å². The number of alkyl halides is 4. The number of hydrogen-bond donors (Lipinski definition) is 1. The summed E-state index contributed by atoms with van der Waals surface area (Å²) in [5.74, 6) is -9.05. The van der Waals surface area contributed by atoms with Crippen LogP contribution in [-0.2, 0) is 0 Å². The fourth-order valence-electron chi connectivity index (χ4n) is 1.70. The van der Waals surface area contributed by atoms with Crippen molar-refractivity contribution >= 4 is 0 Å². The summed E-state index contributed by atoms with van der Waals surface area (Å²) in [5, 5.41) is 2.01. The maximum Gasteiger partial charge on any atom is 0.330 e. The van der Waals surface area contributed by atoms with Gasteiger partial charge in [0.15, 0.2) is 0 Å². The molecule has 1 fully saturated rings. The monoisotopic (exact) mass is 237 g/mol. The predicted molar refractivity (Wildman–Crippen MR) is 47.0 cm³/mol. The molecule has 1 N–H and O–H groups in total. The summed E-state index contributed by atoms with van der Waals surface area (Å²) in [6.07, 6.45) is 0. The van der Waals surface area contributed by atoms with Crippen LogP contribution in [0.15, 0.2) is 24.3 Å². The van der Waals surface area contributed by atoms with Gasteiger partial charge in [-0.2, -0.15) is 17.6 Å². The Morgan fingerprint density at radius 2 is 1.88 bits per heavy atom. The summed E-state index contributed by atoms with van der Waals surface area (Å²) in [6, 6.07) is 2.44. The minimum Gasteiger partial charge on any atom is -0.299 e. The third-order valence-electron chi connectivity index (χ3n) is 2.56. The first-order chi connectivity index (χ1) is 7.34. The lowest BCUT2D eigenvalue weighted by Crippen LogP contribution is -2.40. The molecule has 1 atom stereocenters. The molecule has 0 saturated carbocycles. The minimum atomic E-state index is -4.21. The standard InChI is InChI=1S/C10H8F5N/c11-7-3-1-2-6(4-7)8-10(14,15)9(12,13)5-16-8/h1-4,8,16H,5H2/t8-/m0/s1. The Balaban J connectivity index is 2.37. The Kier molecular flexibility index (Phi) is 2.41. The topological polar surface area (TPSA) is 12.0 Å². The van der Waals surface area contributed by atoms with Gasteiger partial charge in [-0.1, -0.05) is 12.1 Å². The number of hydrogen-bond acceptors (Lipinski definition) is 1. The second kappa shape index (κ2) is 3.41. The summed E-state index contributed by atoms with van der Waals surface area (Å²) < 4.78 is 65.0. The number of nitrogens with one attached hydrogen (secondary N) is 1. The second-order valence-electron chi connectivity index (χ2n) is 3.70. The first kappa shape index (κ1) is 11.3. The van der Waals surface area contributed by atoms with Crippen LogP contribution in [0, 0.1) is 5.82 Å². The molecule has 0 aliphatic carbocycles. The van der Waals surface area contributed by atoms with E-state index in [0.717, 1.165) is 12.1 Å². The van der Waals surface area contributed by atoms with Gasteiger partial charge in [-0.25, -0.2) is 4.39 Å². The Morgan fingerprint density at radius 1 is 1.19 bits per heavy atom. The molecule has 6 heteroatoms. The zero-order valence-corrected chi connectivity index (χ0v) is 7.98. The van der Waals surface area contributed by atoms with Crippen molar-refractivity contribution in [2.75, 3.05) is 6.54 Å². The summed E-state index contributed by atoms with van der Waals surface area (Å²) in [4.78, 5) is 0. The van der Waals surface area contributed by atoms with Crippen LogP contribution in [-0.4, -0.2) is 18.4 Å². The fraction of sp³-hybridized carbons (Fsp3) is 0.400. The maximum absolute atomic E-state index is 13.3. The summed E-state index contributed by atoms with van der Waals surface area (Å²) in [5.41, 5.74) is -0.179. The Hall–Kier alpha value is -1.17. The van der Waals surface area contributed by atoms with Crippen LogP contribution >= 0.6 is 0 Å². The van der Waals surface area contributed by atoms with Gasteiger partial charge in [0.1, 0.15) is 11.9 Å². The van der Waals surface area contributed by atoms with E-state index in [1.54, 1.807) is 0 Å². The molecule has 0 bridgehead atoms. The van der Waals surface area contributed by atoms with E-state index < -0.39 is 30.2 Å². The van der Waals surface area contributed by atoms with E-state index in [9.17, 15) is 22.0 Å². The van der Waals surface area contributed by atoms with Crippen molar-refractivity contribution in [3.8, 4) is 0 Å². The van der Waals surface area contributed by atoms with E-state index in [0.29, 0.717) is 0 Å². The smallest absolute Gasteiger partial charge is 0.299 e. The van der Waals surface area contributed by atoms with Gasteiger partial charge < -0.3 is 0 Å². The molecule has 1 nitrogen and oxygen atoms in total. The van der Waals surface area contributed by atoms with E-state index in [1.165, 1.54) is 12.1 Å². The van der Waals surface area contributed by atoms with Gasteiger partial charge in [0.2, 0.25) is 0 Å². The van der Waals surface area contributed by atoms with Crippen molar-refractivity contribution in [1.82, 2.24) is 5.32 Å². The van der Waals surface area contributed by atoms with Crippen LogP contribution in [0.2, 0.25) is 0 Å². The number of rotatable bonds is 1. The molecule has 2 rings (SSSR count). The van der Waals surface area contributed by atoms with E-state index in [-0.39, 0.29) is 5.56 Å². The van der Waals surface area contributed by atoms with Crippen molar-refractivity contribution in [3.63, 3.8) is 0 Å². The number of benzene rings is 1. The number of halogens is 5. The first-order valence-electron chi connectivity index (χ1n) is 4.59. The zero-order chi connectivity index (χ0) is 12.0. The van der Waals surface area contributed by atoms with Crippen LogP contribution < -0.4 is 5.32 Å². The molecular weight excluding hydrogens is 229 g/mol. The van der Waals surface area contributed by atoms with Crippen molar-refractivity contribution in [2.45, 2.75) is 17.9 Å². The third-order valence-corrected chi connectivity index (χ3v) is 2.56. The average molecular weight is 237 g/mol. The first-order valence-corrected chi connectivity index (χ1v) is 4.59. The largest absolute Gasteiger partial charge is 0.330 e. The fourth-order valence-corrected chi connectivity index (χ4v) is 1.70. The summed E-state index contributed by atoms with van der Waals surface area (Å²) in [6.45, 7) is -1.11. The van der Waals surface area contributed by atoms with Gasteiger partial charge in [-0.15, -0.1) is 0 Å². The lowest BCUT2D eigenvalue weighted by Gasteiger charge is -2.23. The second-order valence-corrected chi connectivity index (χ2v) is 3.70. The quantitative estimate of drug-likeness (QED) is 0.740. The molecule has 0 amide bonds. The Morgan fingerprint density at radius 3 is 2.38 bits per heavy atom. The molecule has 1 aromatic rings. The molecule has 1 saturated heterocycles. The molecule has 88 valence electrons. The maximum atomic E-state index is 13.3. The van der Waals surface area contributed by atoms with E-state index >= 15 is 0 Å². The third kappa shape index (κ3) is 1.57. The summed E-state index contributed by atoms with van der Waals surface area (Å²) in [7, 11) is 0. The van der Waals surface area contributed by atoms with Gasteiger partial charge in [-0.05, 0) is 17.7 Å². The highest BCUT2D eigenvalue weighted by Gasteiger charge is 2.66. The van der Waals surface area contributed by atoms with Crippen molar-refractivity contribution in [3.05, 3.63) is 35.6 Å². The average Bonchev–Trinajstić information content (AvgIpc) is 2.37. The Labute approximate surface area is 88.3 Å². The Bertz CT molecular complexity index is 404. The summed E-state index contributed by atoms with van der Waals surface area (Å²) >= 11 is 0. The van der Waals surface area contributed by atoms with Gasteiger partial charge in [0.05, 0.1) is 6.54 Å². The van der Waals surface area contributed by atoms with Gasteiger partial charge in [0.25, 0.3) is 0 Å². The van der Waals surface area contributed by atoms with Crippen molar-refractivity contribution in [2.24, 2.45) is 0 Å². The highest BCUT2D eigenvalue weighted by atomic mass is 19.3. The lowest BCUT2D eigenvalue weighted by atomic mass is 10.0. The molecule has 0 spiro atoms. The molecule has 1 aliphatic rings. The minimum absolute atomic E-state index is 0.179. The highest BCUT2D eigenvalue weighted by Crippen LogP contribution is 2.47. The van der Waals surface area contributed by atoms with Gasteiger partial charge in [0, 0.05) is 0 Å². The molecular formula is C10H8F5N. The van der Waals surface area contributed by atoms with Crippen LogP contribution in [0.1, 0.15) is 11.6 Å². The van der Waals surface area contributed by atoms with Crippen molar-refractivity contribution < 1.29 is 22.0 Å². The van der Waals surface area contributed by atoms with Gasteiger partial charge >= 0.3 is 11.8 Å². The van der Waals surface area contributed by atoms with Crippen LogP contribution in [0.5, 0.6) is 0 Å². The van der Waals surface area contributed by atoms with Crippen LogP contribution in [0.4, 0.5) is 22.0 Å². The van der Waals surface area contributed by atoms with E-state index in [1.807, 2.05) is 5.32 Å². The van der Waals surface area contributed by atoms with E-state index in [2.05, 4.69) is 0 Å². The van der Waals surface area contributed by atoms with Crippen LogP contribution in [0.3, 0.4) is 0 Å². The highest BCUT2D eigenvalue weighted by molar-refractivity contribution is 5.25. The predicted octanol–water partition coefficient (Wildman–Crippen LogP) is 2.74. The van der Waals surface area contributed by atoms with Crippen LogP contribution in [0.25, 0.3) is 0 Å². The molecule has 0 aromatic heterocycles. The molecule has 1 aromatic carbocycles. The zero-order valence-electron chi connectivity index (χ0n) is 7.98. The normalized spacial score (nSPS) is 26.9. The van der Waals surface area contributed by atoms with Crippen molar-refractivity contribution in [1.29, 1.82) is 0 Å². The molecule has 0 unspecified atom stereocenters.